The summed E-state index contributed by atoms with van der Waals surface area (Å²) in [4.78, 5) is 2.51. The number of likely N-dealkylation sites (tertiary alicyclic amines) is 1. The smallest absolute Gasteiger partial charge is 0.203 e. The molecule has 1 N–H and O–H groups in total. The summed E-state index contributed by atoms with van der Waals surface area (Å²) in [6.45, 7) is 6.96. The maximum atomic E-state index is 5.93. The van der Waals surface area contributed by atoms with Crippen molar-refractivity contribution in [1.82, 2.24) is 10.2 Å². The molecule has 0 aliphatic carbocycles. The highest BCUT2D eigenvalue weighted by Gasteiger charge is 2.26. The molecule has 4 rings (SSSR count). The van der Waals surface area contributed by atoms with Crippen LogP contribution in [0.3, 0.4) is 0 Å². The fraction of sp³-hybridized carbons (Fsp3) is 0.524. The second-order valence-corrected chi connectivity index (χ2v) is 7.16. The molecule has 0 saturated carbocycles. The largest absolute Gasteiger partial charge is 0.493 e. The van der Waals surface area contributed by atoms with Crippen LogP contribution in [-0.4, -0.2) is 44.9 Å². The van der Waals surface area contributed by atoms with Crippen LogP contribution in [0.25, 0.3) is 0 Å². The first-order chi connectivity index (χ1) is 13.2. The minimum Gasteiger partial charge on any atom is -0.493 e. The highest BCUT2D eigenvalue weighted by Crippen LogP contribution is 2.40. The summed E-state index contributed by atoms with van der Waals surface area (Å²) in [5.41, 5.74) is 1.12. The number of fused-ring (bicyclic) bond motifs is 1. The van der Waals surface area contributed by atoms with E-state index in [1.807, 2.05) is 25.1 Å². The molecule has 3 heterocycles. The fourth-order valence-corrected chi connectivity index (χ4v) is 3.88. The van der Waals surface area contributed by atoms with Crippen molar-refractivity contribution in [1.29, 1.82) is 0 Å². The summed E-state index contributed by atoms with van der Waals surface area (Å²) in [6.07, 6.45) is 2.52. The molecule has 0 bridgehead atoms. The molecule has 1 fully saturated rings. The van der Waals surface area contributed by atoms with Gasteiger partial charge in [0.15, 0.2) is 11.5 Å². The number of methoxy groups -OCH3 is 1. The van der Waals surface area contributed by atoms with Crippen molar-refractivity contribution in [2.75, 3.05) is 40.0 Å². The lowest BCUT2D eigenvalue weighted by Gasteiger charge is -2.26. The molecule has 2 aromatic rings. The number of nitrogens with one attached hydrogen (secondary N) is 1. The van der Waals surface area contributed by atoms with Crippen molar-refractivity contribution in [2.24, 2.45) is 0 Å². The van der Waals surface area contributed by atoms with Crippen LogP contribution < -0.4 is 19.5 Å². The van der Waals surface area contributed by atoms with E-state index in [0.29, 0.717) is 19.0 Å². The Morgan fingerprint density at radius 1 is 1.15 bits per heavy atom. The van der Waals surface area contributed by atoms with E-state index in [9.17, 15) is 0 Å². The third kappa shape index (κ3) is 4.06. The minimum absolute atomic E-state index is 0.264. The maximum Gasteiger partial charge on any atom is 0.203 e. The lowest BCUT2D eigenvalue weighted by atomic mass is 10.1. The number of aryl methyl sites for hydroxylation is 1. The monoisotopic (exact) mass is 372 g/mol. The second-order valence-electron chi connectivity index (χ2n) is 7.16. The molecule has 6 nitrogen and oxygen atoms in total. The van der Waals surface area contributed by atoms with E-state index in [-0.39, 0.29) is 6.04 Å². The summed E-state index contributed by atoms with van der Waals surface area (Å²) in [5.74, 6) is 4.19. The Morgan fingerprint density at radius 3 is 2.70 bits per heavy atom. The number of hydrogen-bond donors (Lipinski definition) is 1. The van der Waals surface area contributed by atoms with Crippen LogP contribution >= 0.6 is 0 Å². The summed E-state index contributed by atoms with van der Waals surface area (Å²) in [5, 5.41) is 3.59. The van der Waals surface area contributed by atoms with Crippen molar-refractivity contribution in [2.45, 2.75) is 32.4 Å². The van der Waals surface area contributed by atoms with Crippen LogP contribution in [0.2, 0.25) is 0 Å². The molecular weight excluding hydrogens is 344 g/mol. The van der Waals surface area contributed by atoms with Gasteiger partial charge in [-0.2, -0.15) is 0 Å². The summed E-state index contributed by atoms with van der Waals surface area (Å²) < 4.78 is 22.8. The van der Waals surface area contributed by atoms with Gasteiger partial charge in [-0.25, -0.2) is 0 Å². The van der Waals surface area contributed by atoms with Crippen LogP contribution in [0.4, 0.5) is 0 Å². The Balaban J connectivity index is 1.44. The molecule has 1 atom stereocenters. The average Bonchev–Trinajstić information content (AvgIpc) is 3.36. The van der Waals surface area contributed by atoms with Crippen LogP contribution in [0, 0.1) is 6.92 Å². The number of nitrogens with zero attached hydrogens (tertiary/aromatic N) is 1. The molecule has 2 aliphatic rings. The van der Waals surface area contributed by atoms with E-state index in [0.717, 1.165) is 54.8 Å². The zero-order chi connectivity index (χ0) is 18.6. The van der Waals surface area contributed by atoms with Gasteiger partial charge in [-0.05, 0) is 62.7 Å². The molecule has 1 saturated heterocycles. The molecule has 1 unspecified atom stereocenters. The predicted octanol–water partition coefficient (Wildman–Crippen LogP) is 3.29. The number of benzene rings is 1. The van der Waals surface area contributed by atoms with E-state index in [1.165, 1.54) is 12.8 Å². The van der Waals surface area contributed by atoms with E-state index in [2.05, 4.69) is 16.3 Å². The number of rotatable bonds is 7. The first-order valence-corrected chi connectivity index (χ1v) is 9.72. The third-order valence-electron chi connectivity index (χ3n) is 5.23. The Kier molecular flexibility index (Phi) is 5.55. The zero-order valence-corrected chi connectivity index (χ0v) is 16.1. The van der Waals surface area contributed by atoms with E-state index in [4.69, 9.17) is 18.6 Å². The second kappa shape index (κ2) is 8.23. The van der Waals surface area contributed by atoms with Gasteiger partial charge in [0.2, 0.25) is 5.75 Å². The molecule has 1 aromatic carbocycles. The van der Waals surface area contributed by atoms with Gasteiger partial charge in [0.1, 0.15) is 24.7 Å². The molecule has 146 valence electrons. The molecular formula is C21H28N2O4. The van der Waals surface area contributed by atoms with Crippen LogP contribution in [0.1, 0.15) is 36.0 Å². The highest BCUT2D eigenvalue weighted by atomic mass is 16.6. The first kappa shape index (κ1) is 18.2. The van der Waals surface area contributed by atoms with Gasteiger partial charge in [0, 0.05) is 13.1 Å². The van der Waals surface area contributed by atoms with Gasteiger partial charge in [0.05, 0.1) is 13.2 Å². The van der Waals surface area contributed by atoms with Gasteiger partial charge in [0.25, 0.3) is 0 Å². The molecule has 0 radical (unpaired) electrons. The molecule has 0 amide bonds. The quantitative estimate of drug-likeness (QED) is 0.805. The fourth-order valence-electron chi connectivity index (χ4n) is 3.88. The molecule has 2 aliphatic heterocycles. The SMILES string of the molecule is COc1cc(CNCC(c2ccc(C)o2)N2CCCC2)cc2c1OCCO2. The molecule has 27 heavy (non-hydrogen) atoms. The van der Waals surface area contributed by atoms with Crippen molar-refractivity contribution in [3.05, 3.63) is 41.3 Å². The molecule has 0 spiro atoms. The van der Waals surface area contributed by atoms with E-state index < -0.39 is 0 Å². The van der Waals surface area contributed by atoms with E-state index >= 15 is 0 Å². The van der Waals surface area contributed by atoms with Gasteiger partial charge in [-0.15, -0.1) is 0 Å². The zero-order valence-electron chi connectivity index (χ0n) is 16.1. The van der Waals surface area contributed by atoms with Gasteiger partial charge in [-0.3, -0.25) is 4.90 Å². The Labute approximate surface area is 160 Å². The highest BCUT2D eigenvalue weighted by molar-refractivity contribution is 5.54. The van der Waals surface area contributed by atoms with Crippen LogP contribution in [0.15, 0.2) is 28.7 Å². The summed E-state index contributed by atoms with van der Waals surface area (Å²) in [7, 11) is 1.66. The number of furan rings is 1. The molecule has 1 aromatic heterocycles. The van der Waals surface area contributed by atoms with Gasteiger partial charge < -0.3 is 23.9 Å². The van der Waals surface area contributed by atoms with Crippen molar-refractivity contribution in [3.8, 4) is 17.2 Å². The predicted molar refractivity (Wildman–Crippen MR) is 103 cm³/mol. The Hall–Kier alpha value is -2.18. The van der Waals surface area contributed by atoms with Crippen molar-refractivity contribution in [3.63, 3.8) is 0 Å². The molecule has 6 heteroatoms. The third-order valence-corrected chi connectivity index (χ3v) is 5.23. The number of hydrogen-bond acceptors (Lipinski definition) is 6. The first-order valence-electron chi connectivity index (χ1n) is 9.72. The van der Waals surface area contributed by atoms with E-state index in [1.54, 1.807) is 7.11 Å². The Bertz CT molecular complexity index is 750. The maximum absolute atomic E-state index is 5.93. The lowest BCUT2D eigenvalue weighted by molar-refractivity contribution is 0.165. The van der Waals surface area contributed by atoms with Crippen molar-refractivity contribution < 1.29 is 18.6 Å². The minimum atomic E-state index is 0.264. The Morgan fingerprint density at radius 2 is 1.96 bits per heavy atom. The average molecular weight is 372 g/mol. The lowest BCUT2D eigenvalue weighted by Crippen LogP contribution is -2.33. The van der Waals surface area contributed by atoms with Gasteiger partial charge in [-0.1, -0.05) is 0 Å². The van der Waals surface area contributed by atoms with Gasteiger partial charge >= 0.3 is 0 Å². The van der Waals surface area contributed by atoms with Crippen LogP contribution in [0.5, 0.6) is 17.2 Å². The summed E-state index contributed by atoms with van der Waals surface area (Å²) >= 11 is 0. The van der Waals surface area contributed by atoms with Crippen molar-refractivity contribution >= 4 is 0 Å². The normalized spacial score (nSPS) is 17.9. The standard InChI is InChI=1S/C21H28N2O4/c1-15-5-6-18(27-15)17(23-7-3-4-8-23)14-22-13-16-11-19(24-2)21-20(12-16)25-9-10-26-21/h5-6,11-12,17,22H,3-4,7-10,13-14H2,1-2H3. The van der Waals surface area contributed by atoms with Crippen LogP contribution in [-0.2, 0) is 6.54 Å². The number of ether oxygens (including phenoxy) is 3. The topological polar surface area (TPSA) is 56.1 Å². The summed E-state index contributed by atoms with van der Waals surface area (Å²) in [6, 6.07) is 8.46.